The van der Waals surface area contributed by atoms with E-state index in [2.05, 4.69) is 49.0 Å². The lowest BCUT2D eigenvalue weighted by molar-refractivity contribution is 0.258. The number of hydrogen-bond acceptors (Lipinski definition) is 3. The van der Waals surface area contributed by atoms with Gasteiger partial charge in [0.2, 0.25) is 0 Å². The van der Waals surface area contributed by atoms with Crippen LogP contribution in [-0.2, 0) is 6.42 Å². The fourth-order valence-corrected chi connectivity index (χ4v) is 2.38. The highest BCUT2D eigenvalue weighted by Gasteiger charge is 2.09. The first kappa shape index (κ1) is 12.1. The quantitative estimate of drug-likeness (QED) is 0.734. The van der Waals surface area contributed by atoms with E-state index >= 15 is 0 Å². The Hall–Kier alpha value is 0.01000. The predicted molar refractivity (Wildman–Crippen MR) is 68.6 cm³/mol. The molecule has 1 heterocycles. The maximum Gasteiger partial charge on any atom is 0.0112 e. The van der Waals surface area contributed by atoms with E-state index in [4.69, 9.17) is 0 Å². The topological polar surface area (TPSA) is 3.24 Å². The van der Waals surface area contributed by atoms with E-state index in [-0.39, 0.29) is 0 Å². The fourth-order valence-electron chi connectivity index (χ4n) is 1.42. The Bertz CT molecular complexity index is 233. The van der Waals surface area contributed by atoms with Gasteiger partial charge in [0.1, 0.15) is 0 Å². The molecule has 0 radical (unpaired) electrons. The third-order valence-corrected chi connectivity index (χ3v) is 3.71. The van der Waals surface area contributed by atoms with Crippen LogP contribution in [0.25, 0.3) is 0 Å². The normalized spacial score (nSPS) is 13.4. The van der Waals surface area contributed by atoms with Gasteiger partial charge in [-0.05, 0) is 50.6 Å². The van der Waals surface area contributed by atoms with Crippen molar-refractivity contribution in [1.29, 1.82) is 0 Å². The van der Waals surface area contributed by atoms with Gasteiger partial charge in [-0.15, -0.1) is 11.3 Å². The molecule has 0 aliphatic heterocycles. The fraction of sp³-hybridized carbons (Fsp3) is 0.636. The first-order valence-electron chi connectivity index (χ1n) is 5.07. The Morgan fingerprint density at radius 1 is 1.57 bits per heavy atom. The molecule has 1 unspecified atom stereocenters. The predicted octanol–water partition coefficient (Wildman–Crippen LogP) is 2.93. The van der Waals surface area contributed by atoms with Crippen LogP contribution >= 0.6 is 24.0 Å². The van der Waals surface area contributed by atoms with Crippen LogP contribution in [0.1, 0.15) is 18.2 Å². The standard InChI is InChI=1S/C11H19NS2/c1-10(12(2)6-4-7-13)9-11-5-3-8-14-11/h3,5,8,10,13H,4,6-7,9H2,1-2H3. The average molecular weight is 229 g/mol. The molecule has 80 valence electrons. The average Bonchev–Trinajstić information content (AvgIpc) is 2.66. The Morgan fingerprint density at radius 2 is 2.36 bits per heavy atom. The lowest BCUT2D eigenvalue weighted by Crippen LogP contribution is -2.31. The summed E-state index contributed by atoms with van der Waals surface area (Å²) in [7, 11) is 2.20. The summed E-state index contributed by atoms with van der Waals surface area (Å²) in [5.74, 6) is 0.982. The third kappa shape index (κ3) is 4.03. The van der Waals surface area contributed by atoms with E-state index in [1.807, 2.05) is 11.3 Å². The smallest absolute Gasteiger partial charge is 0.0112 e. The van der Waals surface area contributed by atoms with Gasteiger partial charge in [-0.2, -0.15) is 12.6 Å². The molecule has 0 fully saturated rings. The molecule has 0 saturated heterocycles. The molecule has 3 heteroatoms. The van der Waals surface area contributed by atoms with Crippen molar-refractivity contribution < 1.29 is 0 Å². The summed E-state index contributed by atoms with van der Waals surface area (Å²) in [6.45, 7) is 3.44. The number of nitrogens with zero attached hydrogens (tertiary/aromatic N) is 1. The van der Waals surface area contributed by atoms with Crippen molar-refractivity contribution in [2.75, 3.05) is 19.3 Å². The van der Waals surface area contributed by atoms with Gasteiger partial charge in [-0.25, -0.2) is 0 Å². The first-order valence-corrected chi connectivity index (χ1v) is 6.58. The number of thiophene rings is 1. The molecule has 14 heavy (non-hydrogen) atoms. The maximum absolute atomic E-state index is 4.23. The van der Waals surface area contributed by atoms with Crippen molar-refractivity contribution in [3.63, 3.8) is 0 Å². The van der Waals surface area contributed by atoms with E-state index in [1.54, 1.807) is 0 Å². The highest BCUT2D eigenvalue weighted by molar-refractivity contribution is 7.80. The van der Waals surface area contributed by atoms with Gasteiger partial charge in [0.05, 0.1) is 0 Å². The van der Waals surface area contributed by atoms with E-state index in [0.29, 0.717) is 6.04 Å². The van der Waals surface area contributed by atoms with Crippen LogP contribution in [-0.4, -0.2) is 30.3 Å². The monoisotopic (exact) mass is 229 g/mol. The molecule has 0 aromatic carbocycles. The van der Waals surface area contributed by atoms with Gasteiger partial charge in [-0.1, -0.05) is 6.07 Å². The Labute approximate surface area is 96.5 Å². The van der Waals surface area contributed by atoms with Crippen molar-refractivity contribution in [2.24, 2.45) is 0 Å². The van der Waals surface area contributed by atoms with Crippen LogP contribution in [0.2, 0.25) is 0 Å². The molecule has 0 bridgehead atoms. The van der Waals surface area contributed by atoms with E-state index < -0.39 is 0 Å². The minimum atomic E-state index is 0.633. The van der Waals surface area contributed by atoms with Gasteiger partial charge in [0.25, 0.3) is 0 Å². The minimum Gasteiger partial charge on any atom is -0.303 e. The van der Waals surface area contributed by atoms with Crippen LogP contribution in [0.5, 0.6) is 0 Å². The molecule has 0 spiro atoms. The van der Waals surface area contributed by atoms with Crippen LogP contribution in [0.3, 0.4) is 0 Å². The largest absolute Gasteiger partial charge is 0.303 e. The summed E-state index contributed by atoms with van der Waals surface area (Å²) in [5.41, 5.74) is 0. The van der Waals surface area contributed by atoms with Crippen molar-refractivity contribution >= 4 is 24.0 Å². The lowest BCUT2D eigenvalue weighted by atomic mass is 10.2. The molecular weight excluding hydrogens is 210 g/mol. The van der Waals surface area contributed by atoms with Gasteiger partial charge in [-0.3, -0.25) is 0 Å². The number of likely N-dealkylation sites (N-methyl/N-ethyl adjacent to an activating group) is 1. The number of hydrogen-bond donors (Lipinski definition) is 1. The summed E-state index contributed by atoms with van der Waals surface area (Å²) in [4.78, 5) is 3.89. The molecule has 0 aliphatic carbocycles. The second-order valence-corrected chi connectivity index (χ2v) is 5.17. The third-order valence-electron chi connectivity index (χ3n) is 2.50. The lowest BCUT2D eigenvalue weighted by Gasteiger charge is -2.23. The zero-order valence-corrected chi connectivity index (χ0v) is 10.7. The highest BCUT2D eigenvalue weighted by atomic mass is 32.1. The first-order chi connectivity index (χ1) is 6.74. The molecule has 1 rings (SSSR count). The SMILES string of the molecule is CC(Cc1cccs1)N(C)CCCS. The van der Waals surface area contributed by atoms with Crippen molar-refractivity contribution in [3.05, 3.63) is 22.4 Å². The van der Waals surface area contributed by atoms with Crippen molar-refractivity contribution in [3.8, 4) is 0 Å². The van der Waals surface area contributed by atoms with Gasteiger partial charge < -0.3 is 4.90 Å². The Kier molecular flexibility index (Phi) is 5.60. The number of rotatable bonds is 6. The minimum absolute atomic E-state index is 0.633. The summed E-state index contributed by atoms with van der Waals surface area (Å²) in [6.07, 6.45) is 2.34. The van der Waals surface area contributed by atoms with E-state index in [0.717, 1.165) is 12.3 Å². The Morgan fingerprint density at radius 3 is 2.93 bits per heavy atom. The summed E-state index contributed by atoms with van der Waals surface area (Å²) in [6, 6.07) is 4.97. The summed E-state index contributed by atoms with van der Waals surface area (Å²) in [5, 5.41) is 2.15. The van der Waals surface area contributed by atoms with Crippen molar-refractivity contribution in [1.82, 2.24) is 4.90 Å². The molecule has 1 aromatic heterocycles. The molecule has 1 atom stereocenters. The zero-order valence-electron chi connectivity index (χ0n) is 8.94. The highest BCUT2D eigenvalue weighted by Crippen LogP contribution is 2.13. The number of thiol groups is 1. The van der Waals surface area contributed by atoms with Gasteiger partial charge in [0, 0.05) is 10.9 Å². The van der Waals surface area contributed by atoms with E-state index in [1.165, 1.54) is 17.7 Å². The van der Waals surface area contributed by atoms with E-state index in [9.17, 15) is 0 Å². The molecule has 0 saturated carbocycles. The van der Waals surface area contributed by atoms with Crippen LogP contribution in [0.15, 0.2) is 17.5 Å². The Balaban J connectivity index is 2.30. The molecule has 0 N–H and O–H groups in total. The molecule has 1 aromatic rings. The molecule has 0 amide bonds. The maximum atomic E-state index is 4.23. The van der Waals surface area contributed by atoms with Crippen molar-refractivity contribution in [2.45, 2.75) is 25.8 Å². The van der Waals surface area contributed by atoms with Crippen LogP contribution in [0.4, 0.5) is 0 Å². The van der Waals surface area contributed by atoms with Gasteiger partial charge >= 0.3 is 0 Å². The molecule has 1 nitrogen and oxygen atoms in total. The van der Waals surface area contributed by atoms with Crippen LogP contribution in [0, 0.1) is 0 Å². The van der Waals surface area contributed by atoms with Gasteiger partial charge in [0.15, 0.2) is 0 Å². The van der Waals surface area contributed by atoms with Crippen LogP contribution < -0.4 is 0 Å². The second-order valence-electron chi connectivity index (χ2n) is 3.69. The molecular formula is C11H19NS2. The zero-order chi connectivity index (χ0) is 10.4. The summed E-state index contributed by atoms with van der Waals surface area (Å²) >= 11 is 6.08. The summed E-state index contributed by atoms with van der Waals surface area (Å²) < 4.78 is 0. The molecule has 0 aliphatic rings. The second kappa shape index (κ2) is 6.49.